The van der Waals surface area contributed by atoms with Crippen molar-refractivity contribution >= 4 is 66.5 Å². The number of hydrogen-bond acceptors (Lipinski definition) is 5. The van der Waals surface area contributed by atoms with Gasteiger partial charge in [0.15, 0.2) is 11.5 Å². The van der Waals surface area contributed by atoms with Crippen LogP contribution in [0.15, 0.2) is 106 Å². The smallest absolute Gasteiger partial charge is 0.293 e. The molecule has 0 atom stereocenters. The summed E-state index contributed by atoms with van der Waals surface area (Å²) in [5, 5.41) is 4.10. The Hall–Kier alpha value is -4.07. The maximum absolute atomic E-state index is 13.3. The van der Waals surface area contributed by atoms with Crippen molar-refractivity contribution in [2.45, 2.75) is 13.2 Å². The number of benzene rings is 5. The summed E-state index contributed by atoms with van der Waals surface area (Å²) < 4.78 is 12.5. The minimum Gasteiger partial charge on any atom is -0.493 e. The first-order valence-electron chi connectivity index (χ1n) is 12.7. The maximum atomic E-state index is 13.3. The van der Waals surface area contributed by atoms with E-state index in [1.165, 1.54) is 4.90 Å². The van der Waals surface area contributed by atoms with Gasteiger partial charge in [0.1, 0.15) is 6.61 Å². The van der Waals surface area contributed by atoms with Crippen LogP contribution < -0.4 is 9.47 Å². The number of fused-ring (bicyclic) bond motifs is 2. The van der Waals surface area contributed by atoms with Gasteiger partial charge in [0.2, 0.25) is 0 Å². The molecule has 0 bridgehead atoms. The number of nitrogens with zero attached hydrogens (tertiary/aromatic N) is 1. The molecule has 198 valence electrons. The number of carbonyl (C=O) groups is 2. The molecule has 0 aliphatic carbocycles. The molecule has 7 heteroatoms. The molecular weight excluding hydrogens is 586 g/mol. The van der Waals surface area contributed by atoms with Crippen molar-refractivity contribution in [1.29, 1.82) is 0 Å². The SMILES string of the molecule is COc1cc(/C=C2/SC(=O)N(Cc3cccc4ccccc34)C2=O)cc(Br)c1OCc1cccc2ccccc12. The number of ether oxygens (including phenoxy) is 2. The lowest BCUT2D eigenvalue weighted by Gasteiger charge is -2.15. The molecular formula is C33H24BrNO4S. The van der Waals surface area contributed by atoms with E-state index in [1.807, 2.05) is 78.9 Å². The molecule has 6 rings (SSSR count). The van der Waals surface area contributed by atoms with Crippen LogP contribution in [0.3, 0.4) is 0 Å². The standard InChI is InChI=1S/C33H24BrNO4S/c1-38-29-17-21(16-28(34)31(29)39-20-25-13-7-11-23-9-3-5-15-27(23)25)18-30-32(36)35(33(37)40-30)19-24-12-6-10-22-8-2-4-14-26(22)24/h2-18H,19-20H2,1H3/b30-18+. The molecule has 0 N–H and O–H groups in total. The minimum absolute atomic E-state index is 0.220. The fraction of sp³-hybridized carbons (Fsp3) is 0.0909. The van der Waals surface area contributed by atoms with Crippen molar-refractivity contribution in [3.63, 3.8) is 0 Å². The Morgan fingerprint density at radius 2 is 1.45 bits per heavy atom. The third kappa shape index (κ3) is 5.10. The van der Waals surface area contributed by atoms with Gasteiger partial charge in [0, 0.05) is 0 Å². The molecule has 5 aromatic carbocycles. The van der Waals surface area contributed by atoms with Crippen LogP contribution in [0.1, 0.15) is 16.7 Å². The maximum Gasteiger partial charge on any atom is 0.293 e. The van der Waals surface area contributed by atoms with Crippen molar-refractivity contribution in [2.24, 2.45) is 0 Å². The summed E-state index contributed by atoms with van der Waals surface area (Å²) in [5.41, 5.74) is 2.71. The van der Waals surface area contributed by atoms with Crippen LogP contribution in [0, 0.1) is 0 Å². The van der Waals surface area contributed by atoms with Crippen molar-refractivity contribution in [1.82, 2.24) is 4.90 Å². The Kier molecular flexibility index (Phi) is 7.32. The van der Waals surface area contributed by atoms with Crippen LogP contribution in [-0.2, 0) is 17.9 Å². The molecule has 5 nitrogen and oxygen atoms in total. The average molecular weight is 611 g/mol. The third-order valence-electron chi connectivity index (χ3n) is 6.88. The van der Waals surface area contributed by atoms with Gasteiger partial charge in [0.25, 0.3) is 11.1 Å². The summed E-state index contributed by atoms with van der Waals surface area (Å²) in [6, 6.07) is 31.9. The van der Waals surface area contributed by atoms with Gasteiger partial charge in [-0.3, -0.25) is 14.5 Å². The second-order valence-corrected chi connectivity index (χ2v) is 11.2. The lowest BCUT2D eigenvalue weighted by atomic mass is 10.0. The van der Waals surface area contributed by atoms with E-state index >= 15 is 0 Å². The van der Waals surface area contributed by atoms with Crippen LogP contribution in [0.4, 0.5) is 4.79 Å². The van der Waals surface area contributed by atoms with E-state index in [0.717, 1.165) is 50.0 Å². The molecule has 0 saturated carbocycles. The monoisotopic (exact) mass is 609 g/mol. The lowest BCUT2D eigenvalue weighted by molar-refractivity contribution is -0.123. The zero-order chi connectivity index (χ0) is 27.6. The number of methoxy groups -OCH3 is 1. The first-order valence-corrected chi connectivity index (χ1v) is 14.3. The van der Waals surface area contributed by atoms with Gasteiger partial charge in [-0.05, 0) is 84.1 Å². The molecule has 0 aromatic heterocycles. The second kappa shape index (κ2) is 11.2. The van der Waals surface area contributed by atoms with Gasteiger partial charge < -0.3 is 9.47 Å². The Balaban J connectivity index is 1.23. The first-order chi connectivity index (χ1) is 19.5. The Morgan fingerprint density at radius 1 is 0.825 bits per heavy atom. The third-order valence-corrected chi connectivity index (χ3v) is 8.38. The number of imide groups is 1. The lowest BCUT2D eigenvalue weighted by Crippen LogP contribution is -2.27. The van der Waals surface area contributed by atoms with Crippen LogP contribution in [0.2, 0.25) is 0 Å². The predicted octanol–water partition coefficient (Wildman–Crippen LogP) is 8.58. The second-order valence-electron chi connectivity index (χ2n) is 9.37. The predicted molar refractivity (Wildman–Crippen MR) is 164 cm³/mol. The van der Waals surface area contributed by atoms with E-state index in [1.54, 1.807) is 13.2 Å². The first kappa shape index (κ1) is 26.2. The van der Waals surface area contributed by atoms with Gasteiger partial charge in [-0.15, -0.1) is 0 Å². The van der Waals surface area contributed by atoms with Crippen molar-refractivity contribution in [2.75, 3.05) is 7.11 Å². The Morgan fingerprint density at radius 3 is 2.15 bits per heavy atom. The largest absolute Gasteiger partial charge is 0.493 e. The minimum atomic E-state index is -0.311. The highest BCUT2D eigenvalue weighted by Gasteiger charge is 2.35. The van der Waals surface area contributed by atoms with E-state index in [-0.39, 0.29) is 17.7 Å². The summed E-state index contributed by atoms with van der Waals surface area (Å²) in [7, 11) is 1.58. The molecule has 5 aromatic rings. The van der Waals surface area contributed by atoms with E-state index in [9.17, 15) is 9.59 Å². The normalized spacial score (nSPS) is 14.4. The van der Waals surface area contributed by atoms with Crippen molar-refractivity contribution in [3.05, 3.63) is 123 Å². The highest BCUT2D eigenvalue weighted by atomic mass is 79.9. The average Bonchev–Trinajstić information content (AvgIpc) is 3.23. The van der Waals surface area contributed by atoms with Crippen LogP contribution in [0.5, 0.6) is 11.5 Å². The fourth-order valence-electron chi connectivity index (χ4n) is 4.92. The number of carbonyl (C=O) groups excluding carboxylic acids is 2. The van der Waals surface area contributed by atoms with Gasteiger partial charge in [-0.25, -0.2) is 0 Å². The topological polar surface area (TPSA) is 55.8 Å². The quantitative estimate of drug-likeness (QED) is 0.173. The summed E-state index contributed by atoms with van der Waals surface area (Å²) in [6.45, 7) is 0.583. The van der Waals surface area contributed by atoms with E-state index in [2.05, 4.69) is 34.1 Å². The number of rotatable bonds is 7. The molecule has 1 heterocycles. The van der Waals surface area contributed by atoms with Crippen molar-refractivity contribution < 1.29 is 19.1 Å². The molecule has 2 amide bonds. The molecule has 1 saturated heterocycles. The van der Waals surface area contributed by atoms with Crippen LogP contribution >= 0.6 is 27.7 Å². The summed E-state index contributed by atoms with van der Waals surface area (Å²) >= 11 is 4.56. The molecule has 0 unspecified atom stereocenters. The zero-order valence-corrected chi connectivity index (χ0v) is 24.0. The van der Waals surface area contributed by atoms with Crippen LogP contribution in [-0.4, -0.2) is 23.2 Å². The van der Waals surface area contributed by atoms with Gasteiger partial charge in [-0.2, -0.15) is 0 Å². The zero-order valence-electron chi connectivity index (χ0n) is 21.6. The fourth-order valence-corrected chi connectivity index (χ4v) is 6.33. The number of hydrogen-bond donors (Lipinski definition) is 0. The molecule has 1 fully saturated rings. The number of thioether (sulfide) groups is 1. The highest BCUT2D eigenvalue weighted by Crippen LogP contribution is 2.40. The van der Waals surface area contributed by atoms with E-state index < -0.39 is 0 Å². The van der Waals surface area contributed by atoms with E-state index in [4.69, 9.17) is 9.47 Å². The molecule has 1 aliphatic rings. The van der Waals surface area contributed by atoms with Gasteiger partial charge in [-0.1, -0.05) is 84.9 Å². The van der Waals surface area contributed by atoms with Gasteiger partial charge in [0.05, 0.1) is 23.0 Å². The molecule has 0 spiro atoms. The summed E-state index contributed by atoms with van der Waals surface area (Å²) in [6.07, 6.45) is 1.72. The highest BCUT2D eigenvalue weighted by molar-refractivity contribution is 9.10. The Bertz CT molecular complexity index is 1810. The summed E-state index contributed by atoms with van der Waals surface area (Å²) in [4.78, 5) is 27.8. The molecule has 0 radical (unpaired) electrons. The number of halogens is 1. The van der Waals surface area contributed by atoms with Crippen LogP contribution in [0.25, 0.3) is 27.6 Å². The molecule has 40 heavy (non-hydrogen) atoms. The van der Waals surface area contributed by atoms with E-state index in [0.29, 0.717) is 27.5 Å². The Labute approximate surface area is 244 Å². The van der Waals surface area contributed by atoms with Crippen molar-refractivity contribution in [3.8, 4) is 11.5 Å². The molecule has 1 aliphatic heterocycles. The summed E-state index contributed by atoms with van der Waals surface area (Å²) in [5.74, 6) is 0.779. The van der Waals surface area contributed by atoms with Gasteiger partial charge >= 0.3 is 0 Å². The number of amides is 2.